The molecule has 0 aliphatic rings. The van der Waals surface area contributed by atoms with Gasteiger partial charge in [-0.3, -0.25) is 0 Å². The van der Waals surface area contributed by atoms with Crippen LogP contribution in [0.4, 0.5) is 0 Å². The molecule has 18 heavy (non-hydrogen) atoms. The molecule has 5 nitrogen and oxygen atoms in total. The molecule has 2 rings (SSSR count). The first-order valence-electron chi connectivity index (χ1n) is 5.84. The first-order chi connectivity index (χ1) is 8.47. The molecule has 0 unspecified atom stereocenters. The van der Waals surface area contributed by atoms with Crippen LogP contribution < -0.4 is 4.57 Å². The SMILES string of the molecule is C[n+]1cn(CCCCS(=O)(=O)[O-])c2ccccc21. The highest BCUT2D eigenvalue weighted by molar-refractivity contribution is 7.85. The maximum Gasteiger partial charge on any atom is 0.244 e. The molecule has 98 valence electrons. The minimum Gasteiger partial charge on any atom is -0.748 e. The Bertz CT molecular complexity index is 646. The molecule has 1 heterocycles. The summed E-state index contributed by atoms with van der Waals surface area (Å²) in [5, 5.41) is 0. The second kappa shape index (κ2) is 5.07. The molecular formula is C12H16N2O3S. The van der Waals surface area contributed by atoms with Crippen LogP contribution in [-0.4, -0.2) is 23.3 Å². The second-order valence-electron chi connectivity index (χ2n) is 4.38. The van der Waals surface area contributed by atoms with Crippen LogP contribution in [0.1, 0.15) is 12.8 Å². The topological polar surface area (TPSA) is 66.0 Å². The molecule has 2 aromatic rings. The summed E-state index contributed by atoms with van der Waals surface area (Å²) in [6.07, 6.45) is 3.07. The average Bonchev–Trinajstić information content (AvgIpc) is 2.62. The minimum absolute atomic E-state index is 0.279. The first-order valence-corrected chi connectivity index (χ1v) is 7.42. The van der Waals surface area contributed by atoms with Crippen molar-refractivity contribution in [2.75, 3.05) is 5.75 Å². The van der Waals surface area contributed by atoms with E-state index >= 15 is 0 Å². The fourth-order valence-corrected chi connectivity index (χ4v) is 2.64. The summed E-state index contributed by atoms with van der Waals surface area (Å²) in [4.78, 5) is 0. The number of unbranched alkanes of at least 4 members (excludes halogenated alkanes) is 1. The van der Waals surface area contributed by atoms with Crippen LogP contribution in [0.5, 0.6) is 0 Å². The van der Waals surface area contributed by atoms with Gasteiger partial charge in [0.25, 0.3) is 0 Å². The average molecular weight is 268 g/mol. The van der Waals surface area contributed by atoms with Crippen LogP contribution >= 0.6 is 0 Å². The van der Waals surface area contributed by atoms with Crippen molar-refractivity contribution in [1.82, 2.24) is 4.57 Å². The number of para-hydroxylation sites is 2. The smallest absolute Gasteiger partial charge is 0.244 e. The Morgan fingerprint density at radius 3 is 2.72 bits per heavy atom. The van der Waals surface area contributed by atoms with Crippen LogP contribution in [0.25, 0.3) is 11.0 Å². The highest BCUT2D eigenvalue weighted by atomic mass is 32.2. The summed E-state index contributed by atoms with van der Waals surface area (Å²) >= 11 is 0. The Hall–Kier alpha value is -1.40. The molecule has 1 aromatic carbocycles. The van der Waals surface area contributed by atoms with Gasteiger partial charge >= 0.3 is 0 Å². The zero-order valence-corrected chi connectivity index (χ0v) is 11.1. The maximum atomic E-state index is 10.5. The van der Waals surface area contributed by atoms with Gasteiger partial charge in [0.05, 0.1) is 23.7 Å². The lowest BCUT2D eigenvalue weighted by atomic mass is 10.3. The molecule has 0 bridgehead atoms. The van der Waals surface area contributed by atoms with E-state index in [2.05, 4.69) is 4.57 Å². The zero-order valence-electron chi connectivity index (χ0n) is 10.2. The Morgan fingerprint density at radius 1 is 1.28 bits per heavy atom. The largest absolute Gasteiger partial charge is 0.748 e. The lowest BCUT2D eigenvalue weighted by Gasteiger charge is -2.04. The van der Waals surface area contributed by atoms with Crippen LogP contribution in [0.15, 0.2) is 30.6 Å². The molecule has 0 amide bonds. The summed E-state index contributed by atoms with van der Waals surface area (Å²) in [5.41, 5.74) is 2.25. The van der Waals surface area contributed by atoms with Crippen molar-refractivity contribution >= 4 is 21.2 Å². The molecule has 0 saturated heterocycles. The standard InChI is InChI=1S/C12H16N2O3S/c1-13-10-14(8-4-5-9-18(15,16)17)12-7-3-2-6-11(12)13/h2-3,6-7,10H,4-5,8-9H2,1H3. The van der Waals surface area contributed by atoms with Crippen LogP contribution in [0, 0.1) is 0 Å². The molecule has 0 radical (unpaired) electrons. The number of nitrogens with zero attached hydrogens (tertiary/aromatic N) is 2. The van der Waals surface area contributed by atoms with E-state index in [1.807, 2.05) is 42.2 Å². The van der Waals surface area contributed by atoms with E-state index in [9.17, 15) is 13.0 Å². The number of aryl methyl sites for hydroxylation is 2. The van der Waals surface area contributed by atoms with Crippen molar-refractivity contribution in [2.24, 2.45) is 7.05 Å². The molecular weight excluding hydrogens is 252 g/mol. The number of benzene rings is 1. The van der Waals surface area contributed by atoms with E-state index in [0.29, 0.717) is 12.8 Å². The third kappa shape index (κ3) is 3.08. The van der Waals surface area contributed by atoms with Crippen molar-refractivity contribution in [3.05, 3.63) is 30.6 Å². The number of aromatic nitrogens is 2. The van der Waals surface area contributed by atoms with Gasteiger partial charge in [-0.2, -0.15) is 0 Å². The van der Waals surface area contributed by atoms with Crippen molar-refractivity contribution in [3.8, 4) is 0 Å². The first kappa shape index (κ1) is 13.0. The Labute approximate surface area is 106 Å². The highest BCUT2D eigenvalue weighted by Gasteiger charge is 2.11. The van der Waals surface area contributed by atoms with Crippen LogP contribution in [0.3, 0.4) is 0 Å². The van der Waals surface area contributed by atoms with Gasteiger partial charge in [-0.1, -0.05) is 12.1 Å². The van der Waals surface area contributed by atoms with Gasteiger partial charge in [-0.05, 0) is 25.0 Å². The molecule has 0 N–H and O–H groups in total. The monoisotopic (exact) mass is 268 g/mol. The van der Waals surface area contributed by atoms with E-state index in [0.717, 1.165) is 17.6 Å². The fourth-order valence-electron chi connectivity index (χ4n) is 2.08. The predicted molar refractivity (Wildman–Crippen MR) is 66.9 cm³/mol. The number of imidazole rings is 1. The van der Waals surface area contributed by atoms with Crippen LogP contribution in [-0.2, 0) is 23.7 Å². The molecule has 0 aliphatic heterocycles. The van der Waals surface area contributed by atoms with Gasteiger partial charge < -0.3 is 4.55 Å². The molecule has 0 spiro atoms. The number of fused-ring (bicyclic) bond motifs is 1. The Kier molecular flexibility index (Phi) is 3.68. The normalized spacial score (nSPS) is 12.1. The third-order valence-corrected chi connectivity index (χ3v) is 3.72. The summed E-state index contributed by atoms with van der Waals surface area (Å²) in [5.74, 6) is -0.279. The summed E-state index contributed by atoms with van der Waals surface area (Å²) in [6, 6.07) is 8.02. The minimum atomic E-state index is -4.08. The van der Waals surface area contributed by atoms with Gasteiger partial charge in [0, 0.05) is 5.75 Å². The highest BCUT2D eigenvalue weighted by Crippen LogP contribution is 2.11. The summed E-state index contributed by atoms with van der Waals surface area (Å²) in [7, 11) is -2.11. The van der Waals surface area contributed by atoms with Crippen molar-refractivity contribution in [1.29, 1.82) is 0 Å². The van der Waals surface area contributed by atoms with Crippen molar-refractivity contribution < 1.29 is 17.5 Å². The molecule has 0 aliphatic carbocycles. The molecule has 0 atom stereocenters. The van der Waals surface area contributed by atoms with Gasteiger partial charge in [-0.15, -0.1) is 0 Å². The molecule has 1 aromatic heterocycles. The number of rotatable bonds is 5. The molecule has 0 fully saturated rings. The van der Waals surface area contributed by atoms with Crippen molar-refractivity contribution in [2.45, 2.75) is 19.4 Å². The third-order valence-electron chi connectivity index (χ3n) is 2.93. The second-order valence-corrected chi connectivity index (χ2v) is 5.90. The maximum absolute atomic E-state index is 10.5. The summed E-state index contributed by atoms with van der Waals surface area (Å²) < 4.78 is 35.6. The van der Waals surface area contributed by atoms with E-state index < -0.39 is 10.1 Å². The number of hydrogen-bond donors (Lipinski definition) is 0. The van der Waals surface area contributed by atoms with Gasteiger partial charge in [0.15, 0.2) is 11.0 Å². The zero-order chi connectivity index (χ0) is 13.2. The number of hydrogen-bond acceptors (Lipinski definition) is 3. The lowest BCUT2D eigenvalue weighted by molar-refractivity contribution is -0.645. The Balaban J connectivity index is 2.04. The molecule has 6 heteroatoms. The lowest BCUT2D eigenvalue weighted by Crippen LogP contribution is -2.25. The fraction of sp³-hybridized carbons (Fsp3) is 0.417. The van der Waals surface area contributed by atoms with E-state index in [-0.39, 0.29) is 5.75 Å². The summed E-state index contributed by atoms with van der Waals surface area (Å²) in [6.45, 7) is 0.719. The quantitative estimate of drug-likeness (QED) is 0.457. The molecule has 0 saturated carbocycles. The van der Waals surface area contributed by atoms with Crippen molar-refractivity contribution in [3.63, 3.8) is 0 Å². The Morgan fingerprint density at radius 2 is 2.00 bits per heavy atom. The predicted octanol–water partition coefficient (Wildman–Crippen LogP) is 0.791. The van der Waals surface area contributed by atoms with Crippen LogP contribution in [0.2, 0.25) is 0 Å². The van der Waals surface area contributed by atoms with E-state index in [1.54, 1.807) is 0 Å². The van der Waals surface area contributed by atoms with Gasteiger partial charge in [-0.25, -0.2) is 17.6 Å². The van der Waals surface area contributed by atoms with Gasteiger partial charge in [0.2, 0.25) is 6.33 Å². The van der Waals surface area contributed by atoms with Gasteiger partial charge in [0.1, 0.15) is 0 Å². The van der Waals surface area contributed by atoms with E-state index in [1.165, 1.54) is 0 Å². The van der Waals surface area contributed by atoms with E-state index in [4.69, 9.17) is 0 Å².